The molecule has 0 fully saturated rings. The van der Waals surface area contributed by atoms with Crippen molar-refractivity contribution >= 4 is 34.2 Å². The monoisotopic (exact) mass is 418 g/mol. The highest BCUT2D eigenvalue weighted by Gasteiger charge is 2.29. The number of rotatable bonds is 6. The van der Waals surface area contributed by atoms with Crippen LogP contribution in [0.4, 0.5) is 5.00 Å². The van der Waals surface area contributed by atoms with Gasteiger partial charge in [0.2, 0.25) is 0 Å². The van der Waals surface area contributed by atoms with Gasteiger partial charge in [-0.05, 0) is 56.7 Å². The van der Waals surface area contributed by atoms with E-state index in [2.05, 4.69) is 12.2 Å². The van der Waals surface area contributed by atoms with Crippen LogP contribution in [0.1, 0.15) is 58.5 Å². The standard InChI is InChI=1S/C21H26N2O5S/c1-12(2)28-21(26)18-14-8-7-13(3)10-16(14)29-19(18)22-17(24)11-27-20(25)15-6-5-9-23(15)4/h5-6,9,12-13H,7-8,10-11H2,1-4H3,(H,22,24)/t13-/m1/s1. The van der Waals surface area contributed by atoms with E-state index >= 15 is 0 Å². The molecular weight excluding hydrogens is 392 g/mol. The molecule has 1 atom stereocenters. The van der Waals surface area contributed by atoms with Crippen LogP contribution in [0.15, 0.2) is 18.3 Å². The Morgan fingerprint density at radius 1 is 1.31 bits per heavy atom. The predicted molar refractivity (Wildman–Crippen MR) is 110 cm³/mol. The van der Waals surface area contributed by atoms with Gasteiger partial charge in [0.25, 0.3) is 5.91 Å². The van der Waals surface area contributed by atoms with E-state index in [4.69, 9.17) is 9.47 Å². The van der Waals surface area contributed by atoms with E-state index in [-0.39, 0.29) is 6.10 Å². The van der Waals surface area contributed by atoms with Gasteiger partial charge in [-0.3, -0.25) is 4.79 Å². The molecule has 1 aliphatic rings. The van der Waals surface area contributed by atoms with Crippen LogP contribution in [0, 0.1) is 5.92 Å². The Balaban J connectivity index is 1.73. The number of aryl methyl sites for hydroxylation is 1. The predicted octanol–water partition coefficient (Wildman–Crippen LogP) is 3.57. The van der Waals surface area contributed by atoms with Gasteiger partial charge in [-0.2, -0.15) is 0 Å². The maximum Gasteiger partial charge on any atom is 0.355 e. The summed E-state index contributed by atoms with van der Waals surface area (Å²) in [6.45, 7) is 5.33. The second-order valence-electron chi connectivity index (χ2n) is 7.64. The molecule has 0 saturated carbocycles. The minimum Gasteiger partial charge on any atom is -0.459 e. The number of carbonyl (C=O) groups excluding carboxylic acids is 3. The molecule has 1 aliphatic carbocycles. The molecule has 8 heteroatoms. The summed E-state index contributed by atoms with van der Waals surface area (Å²) < 4.78 is 12.1. The van der Waals surface area contributed by atoms with Crippen LogP contribution in [0.3, 0.4) is 0 Å². The lowest BCUT2D eigenvalue weighted by molar-refractivity contribution is -0.119. The fourth-order valence-corrected chi connectivity index (χ4v) is 4.78. The number of aromatic nitrogens is 1. The molecule has 1 amide bonds. The number of anilines is 1. The molecule has 0 bridgehead atoms. The average molecular weight is 419 g/mol. The molecule has 7 nitrogen and oxygen atoms in total. The van der Waals surface area contributed by atoms with E-state index in [0.717, 1.165) is 29.7 Å². The molecule has 156 valence electrons. The topological polar surface area (TPSA) is 86.6 Å². The van der Waals surface area contributed by atoms with Crippen molar-refractivity contribution in [3.8, 4) is 0 Å². The van der Waals surface area contributed by atoms with E-state index in [1.54, 1.807) is 43.8 Å². The van der Waals surface area contributed by atoms with Crippen molar-refractivity contribution in [1.82, 2.24) is 4.57 Å². The summed E-state index contributed by atoms with van der Waals surface area (Å²) in [5.74, 6) is -0.961. The third kappa shape index (κ3) is 4.87. The van der Waals surface area contributed by atoms with Crippen molar-refractivity contribution in [2.45, 2.75) is 46.1 Å². The minimum absolute atomic E-state index is 0.254. The van der Waals surface area contributed by atoms with Gasteiger partial charge < -0.3 is 19.4 Å². The Morgan fingerprint density at radius 2 is 2.07 bits per heavy atom. The summed E-state index contributed by atoms with van der Waals surface area (Å²) in [6, 6.07) is 3.34. The molecule has 3 rings (SSSR count). The highest BCUT2D eigenvalue weighted by atomic mass is 32.1. The smallest absolute Gasteiger partial charge is 0.355 e. The van der Waals surface area contributed by atoms with Gasteiger partial charge in [-0.25, -0.2) is 9.59 Å². The zero-order chi connectivity index (χ0) is 21.1. The van der Waals surface area contributed by atoms with Crippen LogP contribution in [-0.4, -0.2) is 35.1 Å². The Labute approximate surface area is 174 Å². The zero-order valence-corrected chi connectivity index (χ0v) is 17.9. The number of nitrogens with one attached hydrogen (secondary N) is 1. The lowest BCUT2D eigenvalue weighted by Gasteiger charge is -2.18. The van der Waals surface area contributed by atoms with Crippen molar-refractivity contribution in [2.75, 3.05) is 11.9 Å². The lowest BCUT2D eigenvalue weighted by Crippen LogP contribution is -2.23. The zero-order valence-electron chi connectivity index (χ0n) is 17.1. The molecule has 29 heavy (non-hydrogen) atoms. The van der Waals surface area contributed by atoms with Gasteiger partial charge in [0.05, 0.1) is 11.7 Å². The molecule has 0 aliphatic heterocycles. The van der Waals surface area contributed by atoms with Crippen molar-refractivity contribution in [3.05, 3.63) is 40.0 Å². The highest BCUT2D eigenvalue weighted by molar-refractivity contribution is 7.17. The van der Waals surface area contributed by atoms with Crippen LogP contribution >= 0.6 is 11.3 Å². The number of carbonyl (C=O) groups is 3. The number of fused-ring (bicyclic) bond motifs is 1. The van der Waals surface area contributed by atoms with Crippen molar-refractivity contribution in [1.29, 1.82) is 0 Å². The van der Waals surface area contributed by atoms with Gasteiger partial charge in [0, 0.05) is 18.1 Å². The first kappa shape index (κ1) is 21.1. The van der Waals surface area contributed by atoms with E-state index in [0.29, 0.717) is 22.2 Å². The number of thiophene rings is 1. The maximum atomic E-state index is 12.7. The molecule has 2 heterocycles. The second kappa shape index (κ2) is 8.82. The number of hydrogen-bond donors (Lipinski definition) is 1. The number of amides is 1. The van der Waals surface area contributed by atoms with E-state index in [1.165, 1.54) is 11.3 Å². The summed E-state index contributed by atoms with van der Waals surface area (Å²) >= 11 is 1.41. The molecule has 0 spiro atoms. The summed E-state index contributed by atoms with van der Waals surface area (Å²) in [7, 11) is 1.72. The van der Waals surface area contributed by atoms with Crippen LogP contribution in [-0.2, 0) is 34.2 Å². The minimum atomic E-state index is -0.577. The van der Waals surface area contributed by atoms with Crippen LogP contribution in [0.2, 0.25) is 0 Å². The second-order valence-corrected chi connectivity index (χ2v) is 8.74. The fourth-order valence-electron chi connectivity index (χ4n) is 3.37. The van der Waals surface area contributed by atoms with E-state index < -0.39 is 24.5 Å². The number of hydrogen-bond acceptors (Lipinski definition) is 6. The quantitative estimate of drug-likeness (QED) is 0.725. The fraction of sp³-hybridized carbons (Fsp3) is 0.476. The number of nitrogens with zero attached hydrogens (tertiary/aromatic N) is 1. The molecule has 0 saturated heterocycles. The average Bonchev–Trinajstić information content (AvgIpc) is 3.21. The normalized spacial score (nSPS) is 15.7. The van der Waals surface area contributed by atoms with Crippen molar-refractivity contribution < 1.29 is 23.9 Å². The third-order valence-electron chi connectivity index (χ3n) is 4.80. The summed E-state index contributed by atoms with van der Waals surface area (Å²) in [6.07, 6.45) is 4.12. The Bertz CT molecular complexity index is 928. The first-order valence-electron chi connectivity index (χ1n) is 9.70. The van der Waals surface area contributed by atoms with Crippen molar-refractivity contribution in [3.63, 3.8) is 0 Å². The van der Waals surface area contributed by atoms with E-state index in [9.17, 15) is 14.4 Å². The first-order valence-corrected chi connectivity index (χ1v) is 10.5. The maximum absolute atomic E-state index is 12.7. The molecule has 0 radical (unpaired) electrons. The Kier molecular flexibility index (Phi) is 6.42. The molecule has 0 unspecified atom stereocenters. The van der Waals surface area contributed by atoms with Crippen LogP contribution in [0.25, 0.3) is 0 Å². The van der Waals surface area contributed by atoms with Gasteiger partial charge in [-0.1, -0.05) is 6.92 Å². The van der Waals surface area contributed by atoms with Gasteiger partial charge in [-0.15, -0.1) is 11.3 Å². The summed E-state index contributed by atoms with van der Waals surface area (Å²) in [5.41, 5.74) is 1.77. The first-order chi connectivity index (χ1) is 13.8. The van der Waals surface area contributed by atoms with Crippen LogP contribution < -0.4 is 5.32 Å². The van der Waals surface area contributed by atoms with Gasteiger partial charge >= 0.3 is 11.9 Å². The van der Waals surface area contributed by atoms with Gasteiger partial charge in [0.15, 0.2) is 6.61 Å². The van der Waals surface area contributed by atoms with Gasteiger partial charge in [0.1, 0.15) is 10.7 Å². The molecule has 2 aromatic heterocycles. The third-order valence-corrected chi connectivity index (χ3v) is 5.97. The Morgan fingerprint density at radius 3 is 2.72 bits per heavy atom. The largest absolute Gasteiger partial charge is 0.459 e. The molecule has 0 aromatic carbocycles. The number of ether oxygens (including phenoxy) is 2. The SMILES string of the molecule is CC(C)OC(=O)c1c(NC(=O)COC(=O)c2cccn2C)sc2c1CC[C@@H](C)C2. The summed E-state index contributed by atoms with van der Waals surface area (Å²) in [5, 5.41) is 3.21. The van der Waals surface area contributed by atoms with Crippen molar-refractivity contribution in [2.24, 2.45) is 13.0 Å². The Hall–Kier alpha value is -2.61. The van der Waals surface area contributed by atoms with E-state index in [1.807, 2.05) is 0 Å². The van der Waals surface area contributed by atoms with Crippen LogP contribution in [0.5, 0.6) is 0 Å². The summed E-state index contributed by atoms with van der Waals surface area (Å²) in [4.78, 5) is 38.3. The molecule has 2 aromatic rings. The highest BCUT2D eigenvalue weighted by Crippen LogP contribution is 2.40. The lowest BCUT2D eigenvalue weighted by atomic mass is 9.88. The number of esters is 2. The molecular formula is C21H26N2O5S. The molecule has 1 N–H and O–H groups in total.